The molecular formula is C19H31NO2. The molecule has 2 aliphatic carbocycles. The van der Waals surface area contributed by atoms with Gasteiger partial charge >= 0.3 is 0 Å². The van der Waals surface area contributed by atoms with E-state index in [4.69, 9.17) is 0 Å². The largest absolute Gasteiger partial charge is 0.342 e. The first-order valence-electron chi connectivity index (χ1n) is 9.54. The molecule has 2 unspecified atom stereocenters. The van der Waals surface area contributed by atoms with E-state index in [-0.39, 0.29) is 0 Å². The van der Waals surface area contributed by atoms with Gasteiger partial charge in [-0.1, -0.05) is 32.1 Å². The summed E-state index contributed by atoms with van der Waals surface area (Å²) in [5, 5.41) is 0. The van der Waals surface area contributed by atoms with Crippen LogP contribution in [0.1, 0.15) is 77.0 Å². The molecule has 0 aromatic rings. The number of hydrogen-bond donors (Lipinski definition) is 0. The standard InChI is InChI=1S/C19H31NO2/c21-18(16-7-2-3-8-16)10-5-11-19(22)20-13-12-15-6-1-4-9-17(15)14-20/h15-17H,1-14H2. The lowest BCUT2D eigenvalue weighted by Crippen LogP contribution is -2.44. The zero-order chi connectivity index (χ0) is 15.4. The fourth-order valence-electron chi connectivity index (χ4n) is 4.85. The molecule has 0 spiro atoms. The van der Waals surface area contributed by atoms with Crippen LogP contribution in [0.2, 0.25) is 0 Å². The maximum atomic E-state index is 12.4. The molecule has 0 aromatic carbocycles. The lowest BCUT2D eigenvalue weighted by molar-refractivity contribution is -0.134. The van der Waals surface area contributed by atoms with E-state index < -0.39 is 0 Å². The van der Waals surface area contributed by atoms with Gasteiger partial charge in [-0.25, -0.2) is 0 Å². The Morgan fingerprint density at radius 3 is 2.27 bits per heavy atom. The van der Waals surface area contributed by atoms with Crippen LogP contribution in [0.5, 0.6) is 0 Å². The number of likely N-dealkylation sites (tertiary alicyclic amines) is 1. The Morgan fingerprint density at radius 1 is 0.818 bits per heavy atom. The molecule has 0 radical (unpaired) electrons. The molecule has 0 bridgehead atoms. The Balaban J connectivity index is 1.37. The van der Waals surface area contributed by atoms with E-state index in [9.17, 15) is 9.59 Å². The van der Waals surface area contributed by atoms with Crippen molar-refractivity contribution in [1.29, 1.82) is 0 Å². The van der Waals surface area contributed by atoms with Crippen molar-refractivity contribution in [2.45, 2.75) is 77.0 Å². The first-order chi connectivity index (χ1) is 10.7. The molecule has 3 nitrogen and oxygen atoms in total. The summed E-state index contributed by atoms with van der Waals surface area (Å²) in [6, 6.07) is 0. The minimum atomic E-state index is 0.295. The van der Waals surface area contributed by atoms with E-state index in [0.717, 1.165) is 44.2 Å². The normalized spacial score (nSPS) is 29.4. The van der Waals surface area contributed by atoms with Crippen LogP contribution < -0.4 is 0 Å². The smallest absolute Gasteiger partial charge is 0.222 e. The quantitative estimate of drug-likeness (QED) is 0.771. The molecule has 3 fully saturated rings. The number of piperidine rings is 1. The highest BCUT2D eigenvalue weighted by Crippen LogP contribution is 2.36. The van der Waals surface area contributed by atoms with E-state index >= 15 is 0 Å². The molecule has 0 N–H and O–H groups in total. The highest BCUT2D eigenvalue weighted by atomic mass is 16.2. The van der Waals surface area contributed by atoms with Crippen LogP contribution in [-0.4, -0.2) is 29.7 Å². The number of ketones is 1. The molecular weight excluding hydrogens is 274 g/mol. The lowest BCUT2D eigenvalue weighted by Gasteiger charge is -2.41. The molecule has 1 saturated heterocycles. The first kappa shape index (κ1) is 16.0. The van der Waals surface area contributed by atoms with E-state index in [1.165, 1.54) is 44.9 Å². The number of hydrogen-bond acceptors (Lipinski definition) is 2. The minimum Gasteiger partial charge on any atom is -0.342 e. The number of rotatable bonds is 5. The Kier molecular flexibility index (Phi) is 5.54. The summed E-state index contributed by atoms with van der Waals surface area (Å²) in [5.41, 5.74) is 0. The van der Waals surface area contributed by atoms with Gasteiger partial charge in [-0.3, -0.25) is 9.59 Å². The third-order valence-corrected chi connectivity index (χ3v) is 6.27. The van der Waals surface area contributed by atoms with Crippen LogP contribution in [-0.2, 0) is 9.59 Å². The predicted octanol–water partition coefficient (Wildman–Crippen LogP) is 3.95. The summed E-state index contributed by atoms with van der Waals surface area (Å²) in [4.78, 5) is 26.5. The third-order valence-electron chi connectivity index (χ3n) is 6.27. The van der Waals surface area contributed by atoms with Gasteiger partial charge in [-0.05, 0) is 43.9 Å². The molecule has 2 saturated carbocycles. The maximum Gasteiger partial charge on any atom is 0.222 e. The van der Waals surface area contributed by atoms with Crippen molar-refractivity contribution in [3.8, 4) is 0 Å². The van der Waals surface area contributed by atoms with Crippen molar-refractivity contribution in [3.63, 3.8) is 0 Å². The Morgan fingerprint density at radius 2 is 1.50 bits per heavy atom. The van der Waals surface area contributed by atoms with Crippen molar-refractivity contribution >= 4 is 11.7 Å². The van der Waals surface area contributed by atoms with Gasteiger partial charge in [0, 0.05) is 31.8 Å². The van der Waals surface area contributed by atoms with Crippen LogP contribution in [0, 0.1) is 17.8 Å². The Bertz CT molecular complexity index is 400. The van der Waals surface area contributed by atoms with Gasteiger partial charge < -0.3 is 4.90 Å². The van der Waals surface area contributed by atoms with E-state index in [0.29, 0.717) is 30.4 Å². The molecule has 2 atom stereocenters. The van der Waals surface area contributed by atoms with E-state index in [1.54, 1.807) is 0 Å². The summed E-state index contributed by atoms with van der Waals surface area (Å²) in [7, 11) is 0. The molecule has 0 aromatic heterocycles. The maximum absolute atomic E-state index is 12.4. The second-order valence-electron chi connectivity index (χ2n) is 7.73. The van der Waals surface area contributed by atoms with Crippen LogP contribution >= 0.6 is 0 Å². The average molecular weight is 305 g/mol. The van der Waals surface area contributed by atoms with Gasteiger partial charge in [0.2, 0.25) is 5.91 Å². The molecule has 3 heteroatoms. The highest BCUT2D eigenvalue weighted by molar-refractivity contribution is 5.82. The highest BCUT2D eigenvalue weighted by Gasteiger charge is 2.32. The number of fused-ring (bicyclic) bond motifs is 1. The van der Waals surface area contributed by atoms with Gasteiger partial charge in [-0.15, -0.1) is 0 Å². The molecule has 1 amide bonds. The lowest BCUT2D eigenvalue weighted by atomic mass is 9.75. The number of amides is 1. The topological polar surface area (TPSA) is 37.4 Å². The second-order valence-corrected chi connectivity index (χ2v) is 7.73. The number of nitrogens with zero attached hydrogens (tertiary/aromatic N) is 1. The SMILES string of the molecule is O=C(CCCC(=O)N1CCC2CCCCC2C1)C1CCCC1. The van der Waals surface area contributed by atoms with E-state index in [1.807, 2.05) is 0 Å². The van der Waals surface area contributed by atoms with Gasteiger partial charge in [0.1, 0.15) is 5.78 Å². The van der Waals surface area contributed by atoms with Crippen LogP contribution in [0.4, 0.5) is 0 Å². The second kappa shape index (κ2) is 7.61. The molecule has 1 heterocycles. The fourth-order valence-corrected chi connectivity index (χ4v) is 4.85. The monoisotopic (exact) mass is 305 g/mol. The van der Waals surface area contributed by atoms with E-state index in [2.05, 4.69) is 4.90 Å². The van der Waals surface area contributed by atoms with Crippen molar-refractivity contribution in [2.75, 3.05) is 13.1 Å². The van der Waals surface area contributed by atoms with Crippen molar-refractivity contribution < 1.29 is 9.59 Å². The summed E-state index contributed by atoms with van der Waals surface area (Å²) in [5.74, 6) is 2.65. The van der Waals surface area contributed by atoms with Gasteiger partial charge in [-0.2, -0.15) is 0 Å². The van der Waals surface area contributed by atoms with Crippen LogP contribution in [0.3, 0.4) is 0 Å². The zero-order valence-electron chi connectivity index (χ0n) is 13.9. The Labute approximate surface area is 134 Å². The Hall–Kier alpha value is -0.860. The number of carbonyl (C=O) groups is 2. The van der Waals surface area contributed by atoms with Gasteiger partial charge in [0.25, 0.3) is 0 Å². The molecule has 1 aliphatic heterocycles. The molecule has 3 rings (SSSR count). The molecule has 22 heavy (non-hydrogen) atoms. The summed E-state index contributed by atoms with van der Waals surface area (Å²) < 4.78 is 0. The zero-order valence-corrected chi connectivity index (χ0v) is 13.9. The summed E-state index contributed by atoms with van der Waals surface area (Å²) >= 11 is 0. The summed E-state index contributed by atoms with van der Waals surface area (Å²) in [6.07, 6.45) is 13.2. The van der Waals surface area contributed by atoms with Crippen molar-refractivity contribution in [2.24, 2.45) is 17.8 Å². The fraction of sp³-hybridized carbons (Fsp3) is 0.895. The molecule has 124 valence electrons. The van der Waals surface area contributed by atoms with Gasteiger partial charge in [0.05, 0.1) is 0 Å². The van der Waals surface area contributed by atoms with Crippen molar-refractivity contribution in [3.05, 3.63) is 0 Å². The van der Waals surface area contributed by atoms with Crippen LogP contribution in [0.15, 0.2) is 0 Å². The van der Waals surface area contributed by atoms with Crippen molar-refractivity contribution in [1.82, 2.24) is 4.90 Å². The summed E-state index contributed by atoms with van der Waals surface area (Å²) in [6.45, 7) is 1.94. The third kappa shape index (κ3) is 3.91. The predicted molar refractivity (Wildman–Crippen MR) is 87.5 cm³/mol. The molecule has 3 aliphatic rings. The van der Waals surface area contributed by atoms with Gasteiger partial charge in [0.15, 0.2) is 0 Å². The average Bonchev–Trinajstić information content (AvgIpc) is 3.08. The number of Topliss-reactive ketones (excluding diaryl/α,β-unsaturated/α-hetero) is 1. The number of carbonyl (C=O) groups excluding carboxylic acids is 2. The minimum absolute atomic E-state index is 0.295. The first-order valence-corrected chi connectivity index (χ1v) is 9.54. The van der Waals surface area contributed by atoms with Crippen LogP contribution in [0.25, 0.3) is 0 Å².